The molecular formula is C15H21NO3S. The lowest BCUT2D eigenvalue weighted by Gasteiger charge is -2.24. The smallest absolute Gasteiger partial charge is 0.175 e. The van der Waals surface area contributed by atoms with Crippen molar-refractivity contribution in [2.45, 2.75) is 30.7 Å². The zero-order valence-corrected chi connectivity index (χ0v) is 12.7. The lowest BCUT2D eigenvalue weighted by atomic mass is 9.95. The average Bonchev–Trinajstić information content (AvgIpc) is 2.45. The van der Waals surface area contributed by atoms with E-state index in [1.165, 1.54) is 11.8 Å². The number of rotatable bonds is 5. The van der Waals surface area contributed by atoms with Gasteiger partial charge in [-0.1, -0.05) is 19.1 Å². The standard InChI is InChI=1S/C15H21NO3S/c1-3-16-15(13-7-5-9-19-11-13)12-6-4-8-14(10-12)20(2,17)18/h4,6,8,10-11,15-16H,3,5,7,9H2,1-2H3. The topological polar surface area (TPSA) is 55.4 Å². The third-order valence-electron chi connectivity index (χ3n) is 3.36. The van der Waals surface area contributed by atoms with Crippen LogP contribution in [0.25, 0.3) is 0 Å². The summed E-state index contributed by atoms with van der Waals surface area (Å²) in [6.45, 7) is 3.61. The summed E-state index contributed by atoms with van der Waals surface area (Å²) >= 11 is 0. The number of ether oxygens (including phenoxy) is 1. The number of likely N-dealkylation sites (N-methyl/N-ethyl adjacent to an activating group) is 1. The second-order valence-electron chi connectivity index (χ2n) is 5.00. The van der Waals surface area contributed by atoms with Crippen molar-refractivity contribution in [3.63, 3.8) is 0 Å². The number of hydrogen-bond acceptors (Lipinski definition) is 4. The molecule has 0 aromatic heterocycles. The Kier molecular flexibility index (Phi) is 4.83. The predicted molar refractivity (Wildman–Crippen MR) is 79.2 cm³/mol. The minimum Gasteiger partial charge on any atom is -0.501 e. The van der Waals surface area contributed by atoms with Gasteiger partial charge in [-0.15, -0.1) is 0 Å². The van der Waals surface area contributed by atoms with Crippen LogP contribution in [-0.2, 0) is 14.6 Å². The molecule has 1 aromatic carbocycles. The Balaban J connectivity index is 2.36. The van der Waals surface area contributed by atoms with E-state index in [1.807, 2.05) is 19.3 Å². The molecule has 1 aliphatic heterocycles. The molecule has 1 aliphatic rings. The molecule has 0 saturated heterocycles. The highest BCUT2D eigenvalue weighted by atomic mass is 32.2. The first kappa shape index (κ1) is 15.1. The lowest BCUT2D eigenvalue weighted by Crippen LogP contribution is -2.24. The number of hydrogen-bond donors (Lipinski definition) is 1. The van der Waals surface area contributed by atoms with E-state index in [-0.39, 0.29) is 6.04 Å². The monoisotopic (exact) mass is 295 g/mol. The lowest BCUT2D eigenvalue weighted by molar-refractivity contribution is 0.219. The van der Waals surface area contributed by atoms with E-state index in [9.17, 15) is 8.42 Å². The summed E-state index contributed by atoms with van der Waals surface area (Å²) in [5.41, 5.74) is 2.13. The van der Waals surface area contributed by atoms with Gasteiger partial charge in [-0.05, 0) is 42.7 Å². The Morgan fingerprint density at radius 2 is 2.20 bits per heavy atom. The molecule has 110 valence electrons. The van der Waals surface area contributed by atoms with Gasteiger partial charge >= 0.3 is 0 Å². The Morgan fingerprint density at radius 1 is 1.40 bits per heavy atom. The highest BCUT2D eigenvalue weighted by molar-refractivity contribution is 7.90. The van der Waals surface area contributed by atoms with Gasteiger partial charge in [0.15, 0.2) is 9.84 Å². The first-order valence-corrected chi connectivity index (χ1v) is 8.75. The summed E-state index contributed by atoms with van der Waals surface area (Å²) in [7, 11) is -3.18. The molecule has 0 aliphatic carbocycles. The van der Waals surface area contributed by atoms with Crippen molar-refractivity contribution in [2.75, 3.05) is 19.4 Å². The van der Waals surface area contributed by atoms with E-state index in [1.54, 1.807) is 18.2 Å². The van der Waals surface area contributed by atoms with Crippen molar-refractivity contribution in [3.8, 4) is 0 Å². The summed E-state index contributed by atoms with van der Waals surface area (Å²) in [6, 6.07) is 7.14. The molecule has 5 heteroatoms. The van der Waals surface area contributed by atoms with E-state index >= 15 is 0 Å². The van der Waals surface area contributed by atoms with E-state index in [0.29, 0.717) is 4.90 Å². The van der Waals surface area contributed by atoms with Crippen LogP contribution in [0.2, 0.25) is 0 Å². The molecule has 0 amide bonds. The minimum atomic E-state index is -3.18. The third kappa shape index (κ3) is 3.61. The van der Waals surface area contributed by atoms with Crippen LogP contribution in [0.15, 0.2) is 41.0 Å². The van der Waals surface area contributed by atoms with Crippen LogP contribution < -0.4 is 5.32 Å². The molecule has 1 aromatic rings. The molecule has 2 rings (SSSR count). The van der Waals surface area contributed by atoms with Crippen molar-refractivity contribution in [1.29, 1.82) is 0 Å². The maximum absolute atomic E-state index is 11.7. The third-order valence-corrected chi connectivity index (χ3v) is 4.47. The van der Waals surface area contributed by atoms with E-state index in [0.717, 1.165) is 31.6 Å². The molecule has 1 atom stereocenters. The second-order valence-corrected chi connectivity index (χ2v) is 7.02. The first-order valence-electron chi connectivity index (χ1n) is 6.86. The highest BCUT2D eigenvalue weighted by Crippen LogP contribution is 2.28. The molecule has 1 heterocycles. The van der Waals surface area contributed by atoms with Gasteiger partial charge in [0.25, 0.3) is 0 Å². The van der Waals surface area contributed by atoms with Gasteiger partial charge in [-0.25, -0.2) is 8.42 Å². The van der Waals surface area contributed by atoms with Crippen LogP contribution in [0.3, 0.4) is 0 Å². The van der Waals surface area contributed by atoms with Crippen molar-refractivity contribution in [2.24, 2.45) is 0 Å². The van der Waals surface area contributed by atoms with Gasteiger partial charge < -0.3 is 10.1 Å². The van der Waals surface area contributed by atoms with E-state index < -0.39 is 9.84 Å². The highest BCUT2D eigenvalue weighted by Gasteiger charge is 2.19. The average molecular weight is 295 g/mol. The first-order chi connectivity index (χ1) is 9.52. The molecule has 0 fully saturated rings. The van der Waals surface area contributed by atoms with Gasteiger partial charge in [0, 0.05) is 6.26 Å². The predicted octanol–water partition coefficient (Wildman–Crippen LogP) is 2.44. The summed E-state index contributed by atoms with van der Waals surface area (Å²) in [5, 5.41) is 3.40. The molecule has 0 bridgehead atoms. The molecule has 1 N–H and O–H groups in total. The summed E-state index contributed by atoms with van der Waals surface area (Å²) in [5.74, 6) is 0. The fourth-order valence-electron chi connectivity index (χ4n) is 2.39. The van der Waals surface area contributed by atoms with E-state index in [2.05, 4.69) is 5.32 Å². The normalized spacial score (nSPS) is 17.2. The number of sulfone groups is 1. The maximum atomic E-state index is 11.7. The van der Waals surface area contributed by atoms with Crippen LogP contribution in [0.4, 0.5) is 0 Å². The summed E-state index contributed by atoms with van der Waals surface area (Å²) in [4.78, 5) is 0.357. The van der Waals surface area contributed by atoms with Crippen LogP contribution in [-0.4, -0.2) is 27.8 Å². The van der Waals surface area contributed by atoms with Crippen molar-refractivity contribution >= 4 is 9.84 Å². The molecule has 0 spiro atoms. The zero-order valence-electron chi connectivity index (χ0n) is 11.9. The van der Waals surface area contributed by atoms with Gasteiger partial charge in [-0.2, -0.15) is 0 Å². The maximum Gasteiger partial charge on any atom is 0.175 e. The van der Waals surface area contributed by atoms with Crippen LogP contribution in [0.1, 0.15) is 31.4 Å². The summed E-state index contributed by atoms with van der Waals surface area (Å²) < 4.78 is 28.8. The Hall–Kier alpha value is -1.33. The molecular weight excluding hydrogens is 274 g/mol. The van der Waals surface area contributed by atoms with Crippen molar-refractivity contribution in [1.82, 2.24) is 5.32 Å². The fourth-order valence-corrected chi connectivity index (χ4v) is 3.06. The fraction of sp³-hybridized carbons (Fsp3) is 0.467. The summed E-state index contributed by atoms with van der Waals surface area (Å²) in [6.07, 6.45) is 5.02. The van der Waals surface area contributed by atoms with Crippen LogP contribution in [0, 0.1) is 0 Å². The minimum absolute atomic E-state index is 0.0157. The molecule has 0 radical (unpaired) electrons. The number of benzene rings is 1. The molecule has 20 heavy (non-hydrogen) atoms. The molecule has 1 unspecified atom stereocenters. The van der Waals surface area contributed by atoms with Gasteiger partial charge in [0.2, 0.25) is 0 Å². The van der Waals surface area contributed by atoms with E-state index in [4.69, 9.17) is 4.74 Å². The Bertz CT molecular complexity index is 593. The molecule has 4 nitrogen and oxygen atoms in total. The SMILES string of the molecule is CCNC(C1=COCCC1)c1cccc(S(C)(=O)=O)c1. The molecule has 0 saturated carbocycles. The van der Waals surface area contributed by atoms with Gasteiger partial charge in [0.05, 0.1) is 23.8 Å². The van der Waals surface area contributed by atoms with Gasteiger partial charge in [0.1, 0.15) is 0 Å². The Labute approximate surface area is 120 Å². The largest absolute Gasteiger partial charge is 0.501 e. The van der Waals surface area contributed by atoms with Crippen molar-refractivity contribution in [3.05, 3.63) is 41.7 Å². The Morgan fingerprint density at radius 3 is 2.80 bits per heavy atom. The quantitative estimate of drug-likeness (QED) is 0.906. The zero-order chi connectivity index (χ0) is 14.6. The second kappa shape index (κ2) is 6.41. The number of nitrogens with one attached hydrogen (secondary N) is 1. The van der Waals surface area contributed by atoms with Crippen LogP contribution in [0.5, 0.6) is 0 Å². The van der Waals surface area contributed by atoms with Crippen LogP contribution >= 0.6 is 0 Å². The van der Waals surface area contributed by atoms with Gasteiger partial charge in [-0.3, -0.25) is 0 Å². The van der Waals surface area contributed by atoms with Crippen molar-refractivity contribution < 1.29 is 13.2 Å².